The summed E-state index contributed by atoms with van der Waals surface area (Å²) in [6.07, 6.45) is 0. The van der Waals surface area contributed by atoms with Crippen molar-refractivity contribution in [1.82, 2.24) is 5.32 Å². The molecule has 2 aromatic rings. The lowest BCUT2D eigenvalue weighted by Gasteiger charge is -2.28. The third-order valence-corrected chi connectivity index (χ3v) is 4.33. The van der Waals surface area contributed by atoms with E-state index in [1.54, 1.807) is 7.11 Å². The van der Waals surface area contributed by atoms with Crippen LogP contribution in [0.15, 0.2) is 42.5 Å². The van der Waals surface area contributed by atoms with Crippen molar-refractivity contribution < 1.29 is 14.3 Å². The molecule has 104 valence electrons. The summed E-state index contributed by atoms with van der Waals surface area (Å²) >= 11 is 0. The third-order valence-electron chi connectivity index (χ3n) is 4.33. The Hall–Kier alpha value is -2.62. The molecule has 2 atom stereocenters. The molecule has 4 rings (SSSR count). The van der Waals surface area contributed by atoms with Crippen molar-refractivity contribution in [3.63, 3.8) is 0 Å². The van der Waals surface area contributed by atoms with Crippen LogP contribution in [0.2, 0.25) is 0 Å². The predicted molar refractivity (Wildman–Crippen MR) is 77.1 cm³/mol. The van der Waals surface area contributed by atoms with Gasteiger partial charge in [-0.25, -0.2) is 0 Å². The molecule has 1 aliphatic carbocycles. The highest BCUT2D eigenvalue weighted by Gasteiger charge is 2.47. The maximum Gasteiger partial charge on any atom is 0.235 e. The van der Waals surface area contributed by atoms with Gasteiger partial charge in [-0.15, -0.1) is 0 Å². The molecule has 0 saturated carbocycles. The maximum absolute atomic E-state index is 12.2. The minimum absolute atomic E-state index is 0.209. The highest BCUT2D eigenvalue weighted by atomic mass is 16.5. The summed E-state index contributed by atoms with van der Waals surface area (Å²) in [5.41, 5.74) is 3.77. The van der Waals surface area contributed by atoms with Crippen molar-refractivity contribution in [2.75, 3.05) is 7.11 Å². The molecule has 0 spiro atoms. The summed E-state index contributed by atoms with van der Waals surface area (Å²) < 4.78 is 5.29. The number of carbonyl (C=O) groups is 2. The number of fused-ring (bicyclic) bond motifs is 6. The van der Waals surface area contributed by atoms with Gasteiger partial charge in [0.1, 0.15) is 5.75 Å². The van der Waals surface area contributed by atoms with Crippen LogP contribution in [0, 0.1) is 0 Å². The number of rotatable bonds is 1. The molecule has 0 radical (unpaired) electrons. The first-order valence-electron chi connectivity index (χ1n) is 6.82. The number of methoxy groups -OCH3 is 1. The van der Waals surface area contributed by atoms with Gasteiger partial charge in [-0.05, 0) is 34.4 Å². The number of ether oxygens (including phenoxy) is 1. The van der Waals surface area contributed by atoms with Gasteiger partial charge in [0, 0.05) is 0 Å². The number of benzene rings is 2. The van der Waals surface area contributed by atoms with Gasteiger partial charge in [0.25, 0.3) is 0 Å². The Bertz CT molecular complexity index is 781. The lowest BCUT2D eigenvalue weighted by atomic mass is 9.72. The van der Waals surface area contributed by atoms with Gasteiger partial charge in [0.15, 0.2) is 0 Å². The highest BCUT2D eigenvalue weighted by Crippen LogP contribution is 2.49. The molecule has 4 heteroatoms. The Balaban J connectivity index is 2.04. The summed E-state index contributed by atoms with van der Waals surface area (Å²) in [7, 11) is 1.62. The average molecular weight is 279 g/mol. The van der Waals surface area contributed by atoms with E-state index in [9.17, 15) is 9.59 Å². The predicted octanol–water partition coefficient (Wildman–Crippen LogP) is 2.20. The number of imide groups is 1. The van der Waals surface area contributed by atoms with Crippen molar-refractivity contribution >= 4 is 11.8 Å². The van der Waals surface area contributed by atoms with Crippen LogP contribution < -0.4 is 10.1 Å². The van der Waals surface area contributed by atoms with E-state index in [-0.39, 0.29) is 11.8 Å². The summed E-state index contributed by atoms with van der Waals surface area (Å²) in [6, 6.07) is 13.4. The number of carbonyl (C=O) groups excluding carboxylic acids is 2. The fourth-order valence-electron chi connectivity index (χ4n) is 3.40. The van der Waals surface area contributed by atoms with Gasteiger partial charge >= 0.3 is 0 Å². The topological polar surface area (TPSA) is 55.4 Å². The normalized spacial score (nSPS) is 22.1. The van der Waals surface area contributed by atoms with Crippen LogP contribution in [-0.4, -0.2) is 18.9 Å². The molecule has 1 heterocycles. The van der Waals surface area contributed by atoms with Gasteiger partial charge in [-0.2, -0.15) is 0 Å². The van der Waals surface area contributed by atoms with Crippen molar-refractivity contribution in [3.05, 3.63) is 53.6 Å². The Morgan fingerprint density at radius 2 is 1.57 bits per heavy atom. The van der Waals surface area contributed by atoms with Crippen LogP contribution in [-0.2, 0) is 9.59 Å². The van der Waals surface area contributed by atoms with Gasteiger partial charge in [-0.3, -0.25) is 14.9 Å². The summed E-state index contributed by atoms with van der Waals surface area (Å²) in [5.74, 6) is -0.542. The summed E-state index contributed by atoms with van der Waals surface area (Å²) in [4.78, 5) is 24.3. The minimum atomic E-state index is -0.437. The Labute approximate surface area is 121 Å². The molecule has 4 nitrogen and oxygen atoms in total. The van der Waals surface area contributed by atoms with E-state index in [4.69, 9.17) is 4.74 Å². The fourth-order valence-corrected chi connectivity index (χ4v) is 3.40. The lowest BCUT2D eigenvalue weighted by Crippen LogP contribution is -2.21. The molecule has 1 aliphatic heterocycles. The zero-order valence-corrected chi connectivity index (χ0v) is 11.4. The van der Waals surface area contributed by atoms with Gasteiger partial charge in [-0.1, -0.05) is 30.3 Å². The molecule has 2 unspecified atom stereocenters. The average Bonchev–Trinajstić information content (AvgIpc) is 2.82. The standard InChI is InChI=1S/C17H13NO3/c1-21-9-6-7-12-13(8-9)10-4-2-3-5-11(10)14-15(12)17(20)18-16(14)19/h2-8,14-15H,1H3,(H,18,19,20). The number of hydrogen-bond acceptors (Lipinski definition) is 3. The molecule has 1 fully saturated rings. The second kappa shape index (κ2) is 4.19. The van der Waals surface area contributed by atoms with E-state index in [1.807, 2.05) is 42.5 Å². The SMILES string of the molecule is COc1ccc2c(c1)-c1ccccc1C1C(=O)NC(=O)C21. The summed E-state index contributed by atoms with van der Waals surface area (Å²) in [5, 5.41) is 2.46. The van der Waals surface area contributed by atoms with Crippen LogP contribution in [0.5, 0.6) is 5.75 Å². The van der Waals surface area contributed by atoms with E-state index in [0.29, 0.717) is 0 Å². The fraction of sp³-hybridized carbons (Fsp3) is 0.176. The minimum Gasteiger partial charge on any atom is -0.497 e. The van der Waals surface area contributed by atoms with Crippen LogP contribution in [0.3, 0.4) is 0 Å². The molecule has 2 aliphatic rings. The smallest absolute Gasteiger partial charge is 0.235 e. The largest absolute Gasteiger partial charge is 0.497 e. The van der Waals surface area contributed by atoms with Crippen LogP contribution in [0.25, 0.3) is 11.1 Å². The first-order chi connectivity index (χ1) is 10.2. The molecule has 1 saturated heterocycles. The van der Waals surface area contributed by atoms with E-state index < -0.39 is 11.8 Å². The van der Waals surface area contributed by atoms with Crippen molar-refractivity contribution in [2.24, 2.45) is 0 Å². The monoisotopic (exact) mass is 279 g/mol. The zero-order valence-electron chi connectivity index (χ0n) is 11.4. The molecule has 1 N–H and O–H groups in total. The van der Waals surface area contributed by atoms with Crippen LogP contribution >= 0.6 is 0 Å². The molecular weight excluding hydrogens is 266 g/mol. The first-order valence-corrected chi connectivity index (χ1v) is 6.82. The molecule has 0 aromatic heterocycles. The number of amides is 2. The van der Waals surface area contributed by atoms with E-state index in [0.717, 1.165) is 28.0 Å². The quantitative estimate of drug-likeness (QED) is 0.814. The maximum atomic E-state index is 12.2. The van der Waals surface area contributed by atoms with E-state index in [1.165, 1.54) is 0 Å². The van der Waals surface area contributed by atoms with Gasteiger partial charge < -0.3 is 4.74 Å². The van der Waals surface area contributed by atoms with Crippen LogP contribution in [0.4, 0.5) is 0 Å². The van der Waals surface area contributed by atoms with E-state index >= 15 is 0 Å². The molecule has 0 bridgehead atoms. The molecule has 2 aromatic carbocycles. The molecule has 21 heavy (non-hydrogen) atoms. The number of hydrogen-bond donors (Lipinski definition) is 1. The Morgan fingerprint density at radius 1 is 0.905 bits per heavy atom. The van der Waals surface area contributed by atoms with Crippen molar-refractivity contribution in [1.29, 1.82) is 0 Å². The zero-order chi connectivity index (χ0) is 14.6. The van der Waals surface area contributed by atoms with Gasteiger partial charge in [0.05, 0.1) is 18.9 Å². The summed E-state index contributed by atoms with van der Waals surface area (Å²) in [6.45, 7) is 0. The van der Waals surface area contributed by atoms with E-state index in [2.05, 4.69) is 5.32 Å². The Morgan fingerprint density at radius 3 is 2.29 bits per heavy atom. The van der Waals surface area contributed by atoms with Gasteiger partial charge in [0.2, 0.25) is 11.8 Å². The lowest BCUT2D eigenvalue weighted by molar-refractivity contribution is -0.125. The highest BCUT2D eigenvalue weighted by molar-refractivity contribution is 6.12. The number of nitrogens with one attached hydrogen (secondary N) is 1. The second-order valence-corrected chi connectivity index (χ2v) is 5.35. The third kappa shape index (κ3) is 1.56. The van der Waals surface area contributed by atoms with Crippen LogP contribution in [0.1, 0.15) is 23.0 Å². The molecular formula is C17H13NO3. The first kappa shape index (κ1) is 12.1. The molecule has 2 amide bonds. The Kier molecular flexibility index (Phi) is 2.42. The van der Waals surface area contributed by atoms with Crippen molar-refractivity contribution in [2.45, 2.75) is 11.8 Å². The second-order valence-electron chi connectivity index (χ2n) is 5.35. The van der Waals surface area contributed by atoms with Crippen molar-refractivity contribution in [3.8, 4) is 16.9 Å².